The molecule has 0 saturated carbocycles. The summed E-state index contributed by atoms with van der Waals surface area (Å²) >= 11 is 0. The van der Waals surface area contributed by atoms with Crippen LogP contribution < -0.4 is 0 Å². The molecule has 1 heterocycles. The van der Waals surface area contributed by atoms with E-state index in [2.05, 4.69) is 0 Å². The van der Waals surface area contributed by atoms with E-state index in [-0.39, 0.29) is 6.54 Å². The molecule has 1 rings (SSSR count). The Hall–Kier alpha value is -1.10. The number of nitrogens with zero attached hydrogens (tertiary/aromatic N) is 1. The van der Waals surface area contributed by atoms with Gasteiger partial charge in [0, 0.05) is 13.1 Å². The Morgan fingerprint density at radius 3 is 2.69 bits per heavy atom. The van der Waals surface area contributed by atoms with Crippen molar-refractivity contribution in [3.8, 4) is 0 Å². The lowest BCUT2D eigenvalue weighted by Gasteiger charge is -2.23. The Bertz CT molecular complexity index is 307. The molecule has 92 valence electrons. The number of halogens is 1. The van der Waals surface area contributed by atoms with Crippen LogP contribution in [0.5, 0.6) is 0 Å². The molecule has 1 N–H and O–H groups in total. The number of carbonyl (C=O) groups excluding carboxylic acids is 1. The van der Waals surface area contributed by atoms with Crippen molar-refractivity contribution in [2.75, 3.05) is 19.7 Å². The molecule has 1 amide bonds. The van der Waals surface area contributed by atoms with Crippen molar-refractivity contribution in [1.29, 1.82) is 0 Å². The topological polar surface area (TPSA) is 49.8 Å². The molecule has 1 aliphatic heterocycles. The van der Waals surface area contributed by atoms with Crippen LogP contribution in [0, 0.1) is 0 Å². The van der Waals surface area contributed by atoms with Crippen molar-refractivity contribution in [1.82, 2.24) is 4.90 Å². The molecule has 5 heteroatoms. The molecule has 0 atom stereocenters. The number of rotatable bonds is 1. The summed E-state index contributed by atoms with van der Waals surface area (Å²) in [4.78, 5) is 13.1. The highest BCUT2D eigenvalue weighted by Gasteiger charge is 2.27. The van der Waals surface area contributed by atoms with Gasteiger partial charge in [0.2, 0.25) is 0 Å². The fourth-order valence-electron chi connectivity index (χ4n) is 1.47. The standard InChI is InChI=1S/C11H18FNO3/c1-11(2,3)16-10(15)13-5-4-8(6-13)9(12)7-14/h14H,4-7H2,1-3H3. The molecule has 1 fully saturated rings. The third-order valence-electron chi connectivity index (χ3n) is 2.24. The smallest absolute Gasteiger partial charge is 0.410 e. The molecule has 1 saturated heterocycles. The van der Waals surface area contributed by atoms with Crippen molar-refractivity contribution in [3.05, 3.63) is 11.4 Å². The molecule has 4 nitrogen and oxygen atoms in total. The van der Waals surface area contributed by atoms with Gasteiger partial charge in [0.1, 0.15) is 11.4 Å². The van der Waals surface area contributed by atoms with Crippen LogP contribution in [0.1, 0.15) is 27.2 Å². The minimum atomic E-state index is -0.600. The molecule has 0 aromatic carbocycles. The fourth-order valence-corrected chi connectivity index (χ4v) is 1.47. The van der Waals surface area contributed by atoms with Gasteiger partial charge in [0.25, 0.3) is 0 Å². The van der Waals surface area contributed by atoms with Gasteiger partial charge in [-0.2, -0.15) is 0 Å². The van der Waals surface area contributed by atoms with Crippen LogP contribution in [0.25, 0.3) is 0 Å². The van der Waals surface area contributed by atoms with Gasteiger partial charge in [0.05, 0.1) is 6.61 Å². The van der Waals surface area contributed by atoms with Crippen molar-refractivity contribution >= 4 is 6.09 Å². The summed E-state index contributed by atoms with van der Waals surface area (Å²) in [5.74, 6) is -0.536. The summed E-state index contributed by atoms with van der Waals surface area (Å²) in [5.41, 5.74) is -0.0626. The van der Waals surface area contributed by atoms with Crippen LogP contribution in [-0.4, -0.2) is 41.4 Å². The number of aliphatic hydroxyl groups is 1. The number of hydrogen-bond acceptors (Lipinski definition) is 3. The van der Waals surface area contributed by atoms with E-state index in [4.69, 9.17) is 9.84 Å². The second kappa shape index (κ2) is 4.82. The third kappa shape index (κ3) is 3.48. The predicted molar refractivity (Wildman–Crippen MR) is 57.6 cm³/mol. The molecule has 0 radical (unpaired) electrons. The highest BCUT2D eigenvalue weighted by Crippen LogP contribution is 2.21. The predicted octanol–water partition coefficient (Wildman–Crippen LogP) is 1.84. The van der Waals surface area contributed by atoms with Gasteiger partial charge in [-0.15, -0.1) is 0 Å². The van der Waals surface area contributed by atoms with Crippen LogP contribution >= 0.6 is 0 Å². The molecular weight excluding hydrogens is 213 g/mol. The lowest BCUT2D eigenvalue weighted by atomic mass is 10.2. The number of hydrogen-bond donors (Lipinski definition) is 1. The van der Waals surface area contributed by atoms with Gasteiger partial charge in [-0.25, -0.2) is 9.18 Å². The fraction of sp³-hybridized carbons (Fsp3) is 0.727. The first-order chi connectivity index (χ1) is 7.33. The molecular formula is C11H18FNO3. The molecule has 0 aliphatic carbocycles. The van der Waals surface area contributed by atoms with Crippen LogP contribution in [0.4, 0.5) is 9.18 Å². The SMILES string of the molecule is CC(C)(C)OC(=O)N1CCC(=C(F)CO)C1. The number of likely N-dealkylation sites (tertiary alicyclic amines) is 1. The molecule has 0 aromatic heterocycles. The first kappa shape index (κ1) is 13.0. The Labute approximate surface area is 94.7 Å². The Kier molecular flexibility index (Phi) is 3.91. The van der Waals surface area contributed by atoms with Crippen molar-refractivity contribution < 1.29 is 19.0 Å². The van der Waals surface area contributed by atoms with E-state index in [9.17, 15) is 9.18 Å². The first-order valence-electron chi connectivity index (χ1n) is 5.28. The van der Waals surface area contributed by atoms with E-state index in [1.807, 2.05) is 0 Å². The molecule has 0 bridgehead atoms. The maximum atomic E-state index is 13.1. The average Bonchev–Trinajstić information content (AvgIpc) is 2.62. The summed E-state index contributed by atoms with van der Waals surface area (Å²) in [6.07, 6.45) is 0.0271. The zero-order valence-electron chi connectivity index (χ0n) is 9.92. The average molecular weight is 231 g/mol. The maximum Gasteiger partial charge on any atom is 0.410 e. The van der Waals surface area contributed by atoms with Crippen LogP contribution in [0.2, 0.25) is 0 Å². The number of aliphatic hydroxyl groups excluding tert-OH is 1. The number of ether oxygens (including phenoxy) is 1. The van der Waals surface area contributed by atoms with E-state index in [0.717, 1.165) is 0 Å². The van der Waals surface area contributed by atoms with E-state index in [0.29, 0.717) is 18.5 Å². The molecule has 0 unspecified atom stereocenters. The Balaban J connectivity index is 2.57. The lowest BCUT2D eigenvalue weighted by molar-refractivity contribution is 0.0299. The van der Waals surface area contributed by atoms with Crippen molar-refractivity contribution in [2.24, 2.45) is 0 Å². The minimum absolute atomic E-state index is 0.210. The largest absolute Gasteiger partial charge is 0.444 e. The summed E-state index contributed by atoms with van der Waals surface area (Å²) in [7, 11) is 0. The summed E-state index contributed by atoms with van der Waals surface area (Å²) in [6, 6.07) is 0. The van der Waals surface area contributed by atoms with Crippen LogP contribution in [0.3, 0.4) is 0 Å². The Morgan fingerprint density at radius 1 is 1.56 bits per heavy atom. The molecule has 0 spiro atoms. The Morgan fingerprint density at radius 2 is 2.19 bits per heavy atom. The summed E-state index contributed by atoms with van der Waals surface area (Å²) < 4.78 is 18.2. The normalized spacial score (nSPS) is 19.9. The van der Waals surface area contributed by atoms with Gasteiger partial charge < -0.3 is 14.7 Å². The highest BCUT2D eigenvalue weighted by molar-refractivity contribution is 5.69. The van der Waals surface area contributed by atoms with Crippen LogP contribution in [0.15, 0.2) is 11.4 Å². The second-order valence-electron chi connectivity index (χ2n) is 4.82. The maximum absolute atomic E-state index is 13.1. The van der Waals surface area contributed by atoms with Crippen molar-refractivity contribution in [2.45, 2.75) is 32.8 Å². The van der Waals surface area contributed by atoms with Gasteiger partial charge in [-0.05, 0) is 32.8 Å². The van der Waals surface area contributed by atoms with Gasteiger partial charge >= 0.3 is 6.09 Å². The second-order valence-corrected chi connectivity index (χ2v) is 4.82. The summed E-state index contributed by atoms with van der Waals surface area (Å²) in [6.45, 7) is 5.40. The first-order valence-corrected chi connectivity index (χ1v) is 5.28. The van der Waals surface area contributed by atoms with Crippen molar-refractivity contribution in [3.63, 3.8) is 0 Å². The quantitative estimate of drug-likeness (QED) is 0.749. The minimum Gasteiger partial charge on any atom is -0.444 e. The highest BCUT2D eigenvalue weighted by atomic mass is 19.1. The molecule has 1 aliphatic rings. The van der Waals surface area contributed by atoms with Gasteiger partial charge in [-0.1, -0.05) is 0 Å². The monoisotopic (exact) mass is 231 g/mol. The van der Waals surface area contributed by atoms with Gasteiger partial charge in [0.15, 0.2) is 0 Å². The molecule has 0 aromatic rings. The van der Waals surface area contributed by atoms with E-state index in [1.165, 1.54) is 4.90 Å². The molecule has 16 heavy (non-hydrogen) atoms. The van der Waals surface area contributed by atoms with E-state index >= 15 is 0 Å². The zero-order valence-corrected chi connectivity index (χ0v) is 9.92. The zero-order chi connectivity index (χ0) is 12.3. The van der Waals surface area contributed by atoms with E-state index < -0.39 is 24.1 Å². The van der Waals surface area contributed by atoms with Gasteiger partial charge in [-0.3, -0.25) is 0 Å². The lowest BCUT2D eigenvalue weighted by Crippen LogP contribution is -2.34. The van der Waals surface area contributed by atoms with Crippen LogP contribution in [-0.2, 0) is 4.74 Å². The van der Waals surface area contributed by atoms with E-state index in [1.54, 1.807) is 20.8 Å². The third-order valence-corrected chi connectivity index (χ3v) is 2.24. The number of carbonyl (C=O) groups is 1. The number of amides is 1. The summed E-state index contributed by atoms with van der Waals surface area (Å²) in [5, 5.41) is 8.64.